The number of hydrogen-bond acceptors (Lipinski definition) is 3. The number of carbonyl (C=O) groups excluding carboxylic acids is 1. The van der Waals surface area contributed by atoms with E-state index in [1.54, 1.807) is 6.07 Å². The molecule has 0 aromatic carbocycles. The van der Waals surface area contributed by atoms with E-state index in [1.165, 1.54) is 42.9 Å². The van der Waals surface area contributed by atoms with Gasteiger partial charge in [-0.2, -0.15) is 8.78 Å². The first kappa shape index (κ1) is 14.3. The molecule has 1 saturated heterocycles. The molecule has 112 valence electrons. The predicted molar refractivity (Wildman–Crippen MR) is 79.1 cm³/mol. The maximum absolute atomic E-state index is 12.8. The second-order valence-electron chi connectivity index (χ2n) is 5.06. The molecule has 0 radical (unpaired) electrons. The van der Waals surface area contributed by atoms with Crippen molar-refractivity contribution in [3.8, 4) is 0 Å². The molecule has 2 heterocycles. The Morgan fingerprint density at radius 3 is 2.90 bits per heavy atom. The summed E-state index contributed by atoms with van der Waals surface area (Å²) in [5, 5.41) is 3.28. The fraction of sp³-hybridized carbons (Fsp3) is 0.429. The highest BCUT2D eigenvalue weighted by molar-refractivity contribution is 8.18. The number of amides is 1. The van der Waals surface area contributed by atoms with Gasteiger partial charge in [-0.3, -0.25) is 14.4 Å². The largest absolute Gasteiger partial charge is 0.318 e. The van der Waals surface area contributed by atoms with Crippen LogP contribution in [0.1, 0.15) is 37.9 Å². The second kappa shape index (κ2) is 6.01. The molecular formula is C14H15F2N3OS. The number of nitrogens with one attached hydrogen (secondary N) is 1. The average molecular weight is 311 g/mol. The van der Waals surface area contributed by atoms with Crippen LogP contribution in [0.2, 0.25) is 0 Å². The third kappa shape index (κ3) is 3.18. The standard InChI is InChI=1S/C14H15F2N3OS/c15-13(16)19-7-3-6-10(19)8-11-12(20)18-14(21-11)17-9-4-1-2-5-9/h3,6-9,13H,1-2,4-5H2,(H,17,18,20)/b11-8-. The Kier molecular flexibility index (Phi) is 4.10. The van der Waals surface area contributed by atoms with E-state index in [0.29, 0.717) is 15.8 Å². The van der Waals surface area contributed by atoms with Gasteiger partial charge in [0, 0.05) is 11.9 Å². The van der Waals surface area contributed by atoms with Crippen LogP contribution in [-0.2, 0) is 4.79 Å². The van der Waals surface area contributed by atoms with Crippen LogP contribution >= 0.6 is 11.8 Å². The van der Waals surface area contributed by atoms with Crippen LogP contribution in [0.5, 0.6) is 0 Å². The van der Waals surface area contributed by atoms with E-state index >= 15 is 0 Å². The Hall–Kier alpha value is -1.63. The zero-order chi connectivity index (χ0) is 14.8. The molecule has 1 aliphatic carbocycles. The number of alkyl halides is 2. The summed E-state index contributed by atoms with van der Waals surface area (Å²) in [6.45, 7) is -2.62. The van der Waals surface area contributed by atoms with Gasteiger partial charge >= 0.3 is 6.55 Å². The number of carbonyl (C=O) groups is 1. The van der Waals surface area contributed by atoms with Crippen molar-refractivity contribution >= 4 is 28.9 Å². The Morgan fingerprint density at radius 2 is 2.19 bits per heavy atom. The topological polar surface area (TPSA) is 46.4 Å². The number of nitrogens with zero attached hydrogens (tertiary/aromatic N) is 2. The summed E-state index contributed by atoms with van der Waals surface area (Å²) in [6, 6.07) is 3.36. The molecule has 0 unspecified atom stereocenters. The van der Waals surface area contributed by atoms with E-state index in [9.17, 15) is 13.6 Å². The van der Waals surface area contributed by atoms with Gasteiger partial charge in [0.15, 0.2) is 5.17 Å². The van der Waals surface area contributed by atoms with Gasteiger partial charge in [-0.15, -0.1) is 0 Å². The van der Waals surface area contributed by atoms with E-state index in [0.717, 1.165) is 17.4 Å². The smallest absolute Gasteiger partial charge is 0.301 e. The molecule has 0 bridgehead atoms. The van der Waals surface area contributed by atoms with E-state index in [4.69, 9.17) is 0 Å². The quantitative estimate of drug-likeness (QED) is 0.870. The maximum atomic E-state index is 12.8. The Bertz CT molecular complexity index is 603. The summed E-state index contributed by atoms with van der Waals surface area (Å²) in [5.41, 5.74) is 0.310. The third-order valence-corrected chi connectivity index (χ3v) is 4.50. The highest BCUT2D eigenvalue weighted by Crippen LogP contribution is 2.29. The fourth-order valence-corrected chi connectivity index (χ4v) is 3.41. The van der Waals surface area contributed by atoms with E-state index in [2.05, 4.69) is 10.3 Å². The molecule has 2 fully saturated rings. The first-order valence-corrected chi connectivity index (χ1v) is 7.69. The highest BCUT2D eigenvalue weighted by atomic mass is 32.2. The van der Waals surface area contributed by atoms with Crippen molar-refractivity contribution < 1.29 is 13.6 Å². The maximum Gasteiger partial charge on any atom is 0.318 e. The van der Waals surface area contributed by atoms with Crippen LogP contribution in [0.3, 0.4) is 0 Å². The molecule has 1 saturated carbocycles. The molecule has 1 amide bonds. The molecule has 21 heavy (non-hydrogen) atoms. The molecule has 0 spiro atoms. The van der Waals surface area contributed by atoms with Gasteiger partial charge in [-0.1, -0.05) is 12.8 Å². The lowest BCUT2D eigenvalue weighted by Gasteiger charge is -2.04. The Labute approximate surface area is 125 Å². The van der Waals surface area contributed by atoms with Gasteiger partial charge in [0.25, 0.3) is 5.91 Å². The van der Waals surface area contributed by atoms with Gasteiger partial charge in [-0.05, 0) is 42.8 Å². The molecule has 7 heteroatoms. The van der Waals surface area contributed by atoms with Crippen LogP contribution < -0.4 is 5.32 Å². The predicted octanol–water partition coefficient (Wildman–Crippen LogP) is 3.39. The van der Waals surface area contributed by atoms with E-state index < -0.39 is 6.55 Å². The molecule has 2 aliphatic rings. The monoisotopic (exact) mass is 311 g/mol. The molecule has 1 aromatic heterocycles. The number of aliphatic imine (C=N–C) groups is 1. The molecule has 1 aliphatic heterocycles. The van der Waals surface area contributed by atoms with Gasteiger partial charge in [0.1, 0.15) is 0 Å². The zero-order valence-corrected chi connectivity index (χ0v) is 12.1. The molecule has 1 N–H and O–H groups in total. The van der Waals surface area contributed by atoms with Crippen molar-refractivity contribution in [3.05, 3.63) is 28.9 Å². The summed E-state index contributed by atoms with van der Waals surface area (Å²) in [4.78, 5) is 16.8. The number of thioether (sulfide) groups is 1. The van der Waals surface area contributed by atoms with Crippen molar-refractivity contribution in [1.29, 1.82) is 0 Å². The number of rotatable bonds is 3. The first-order chi connectivity index (χ1) is 10.1. The molecular weight excluding hydrogens is 296 g/mol. The van der Waals surface area contributed by atoms with E-state index in [1.807, 2.05) is 0 Å². The van der Waals surface area contributed by atoms with Crippen molar-refractivity contribution in [2.24, 2.45) is 4.99 Å². The molecule has 4 nitrogen and oxygen atoms in total. The second-order valence-corrected chi connectivity index (χ2v) is 6.09. The van der Waals surface area contributed by atoms with Gasteiger partial charge < -0.3 is 5.32 Å². The minimum absolute atomic E-state index is 0.275. The SMILES string of the molecule is O=C1NC(=NC2CCCC2)S/C1=C\c1cccn1C(F)F. The summed E-state index contributed by atoms with van der Waals surface area (Å²) in [6.07, 6.45) is 7.21. The highest BCUT2D eigenvalue weighted by Gasteiger charge is 2.26. The van der Waals surface area contributed by atoms with Crippen molar-refractivity contribution in [2.45, 2.75) is 38.3 Å². The normalized spacial score (nSPS) is 23.7. The Morgan fingerprint density at radius 1 is 1.43 bits per heavy atom. The average Bonchev–Trinajstić information content (AvgIpc) is 3.13. The summed E-state index contributed by atoms with van der Waals surface area (Å²) in [5.74, 6) is -0.279. The minimum atomic E-state index is -2.62. The third-order valence-electron chi connectivity index (χ3n) is 3.58. The number of halogens is 2. The van der Waals surface area contributed by atoms with Crippen LogP contribution in [0.25, 0.3) is 6.08 Å². The number of aromatic nitrogens is 1. The van der Waals surface area contributed by atoms with Crippen molar-refractivity contribution in [2.75, 3.05) is 0 Å². The van der Waals surface area contributed by atoms with Gasteiger partial charge in [-0.25, -0.2) is 0 Å². The number of hydrogen-bond donors (Lipinski definition) is 1. The first-order valence-electron chi connectivity index (χ1n) is 6.87. The summed E-state index contributed by atoms with van der Waals surface area (Å²) in [7, 11) is 0. The fourth-order valence-electron chi connectivity index (χ4n) is 2.53. The molecule has 3 rings (SSSR count). The molecule has 1 aromatic rings. The van der Waals surface area contributed by atoms with Crippen LogP contribution in [0.15, 0.2) is 28.2 Å². The lowest BCUT2D eigenvalue weighted by atomic mass is 10.3. The van der Waals surface area contributed by atoms with Gasteiger partial charge in [0.2, 0.25) is 0 Å². The van der Waals surface area contributed by atoms with E-state index in [-0.39, 0.29) is 11.9 Å². The van der Waals surface area contributed by atoms with Crippen molar-refractivity contribution in [3.63, 3.8) is 0 Å². The zero-order valence-electron chi connectivity index (χ0n) is 11.3. The van der Waals surface area contributed by atoms with Crippen molar-refractivity contribution in [1.82, 2.24) is 9.88 Å². The minimum Gasteiger partial charge on any atom is -0.301 e. The van der Waals surface area contributed by atoms with Crippen LogP contribution in [0, 0.1) is 0 Å². The molecule has 0 atom stereocenters. The Balaban J connectivity index is 1.78. The lowest BCUT2D eigenvalue weighted by Crippen LogP contribution is -2.21. The lowest BCUT2D eigenvalue weighted by molar-refractivity contribution is -0.115. The number of amidine groups is 1. The van der Waals surface area contributed by atoms with Crippen LogP contribution in [-0.4, -0.2) is 21.7 Å². The van der Waals surface area contributed by atoms with Crippen LogP contribution in [0.4, 0.5) is 8.78 Å². The summed E-state index contributed by atoms with van der Waals surface area (Å²) < 4.78 is 26.4. The van der Waals surface area contributed by atoms with Gasteiger partial charge in [0.05, 0.1) is 10.9 Å². The summed E-state index contributed by atoms with van der Waals surface area (Å²) >= 11 is 1.22.